The predicted molar refractivity (Wildman–Crippen MR) is 82.8 cm³/mol. The average Bonchev–Trinajstić information content (AvgIpc) is 2.42. The molecule has 1 fully saturated rings. The number of ether oxygens (including phenoxy) is 1. The number of hydrogen-bond donors (Lipinski definition) is 6. The molecule has 13 heteroatoms. The van der Waals surface area contributed by atoms with Gasteiger partial charge in [-0.15, -0.1) is 0 Å². The Hall–Kier alpha value is -1.35. The van der Waals surface area contributed by atoms with Crippen molar-refractivity contribution in [2.24, 2.45) is 5.92 Å². The lowest BCUT2D eigenvalue weighted by Crippen LogP contribution is -2.61. The maximum atomic E-state index is 11.2. The van der Waals surface area contributed by atoms with Crippen LogP contribution in [0.5, 0.6) is 0 Å². The molecule has 0 bridgehead atoms. The van der Waals surface area contributed by atoms with Gasteiger partial charge in [-0.2, -0.15) is 8.42 Å². The topological polar surface area (TPSA) is 200 Å². The highest BCUT2D eigenvalue weighted by atomic mass is 32.2. The molecule has 0 aliphatic carbocycles. The first-order valence-corrected chi connectivity index (χ1v) is 9.36. The van der Waals surface area contributed by atoms with Gasteiger partial charge in [-0.1, -0.05) is 0 Å². The fourth-order valence-electron chi connectivity index (χ4n) is 2.64. The minimum atomic E-state index is -3.85. The van der Waals surface area contributed by atoms with Crippen LogP contribution in [0.4, 0.5) is 0 Å². The molecule has 1 rings (SSSR count). The van der Waals surface area contributed by atoms with Gasteiger partial charge in [0.25, 0.3) is 15.9 Å². The van der Waals surface area contributed by atoms with Crippen LogP contribution in [0.2, 0.25) is 0 Å². The summed E-state index contributed by atoms with van der Waals surface area (Å²) in [6.07, 6.45) is -6.76. The maximum absolute atomic E-state index is 11.2. The number of aliphatic hydroxyl groups excluding tert-OH is 3. The molecule has 1 aliphatic rings. The van der Waals surface area contributed by atoms with Gasteiger partial charge in [-0.3, -0.25) is 8.98 Å². The van der Waals surface area contributed by atoms with Crippen LogP contribution in [0.1, 0.15) is 19.8 Å². The first kappa shape index (κ1) is 22.7. The number of carbonyl (C=O) groups excluding carboxylic acids is 1. The molecule has 0 aromatic rings. The van der Waals surface area contributed by atoms with Gasteiger partial charge in [0.15, 0.2) is 0 Å². The van der Waals surface area contributed by atoms with Crippen LogP contribution in [-0.4, -0.2) is 89.0 Å². The number of nitrogens with one attached hydrogen (secondary N) is 1. The van der Waals surface area contributed by atoms with E-state index in [-0.39, 0.29) is 0 Å². The SMILES string of the molecule is CC(=O)N[C@@H](O)[C@@H]1[C@H](C[C@H](O)COS(C)(=O)=O)O[C@](O)(C(=O)O)C[C@@H]1O. The first-order valence-electron chi connectivity index (χ1n) is 7.54. The van der Waals surface area contributed by atoms with Crippen LogP contribution in [0, 0.1) is 5.92 Å². The summed E-state index contributed by atoms with van der Waals surface area (Å²) in [5.41, 5.74) is 0. The lowest BCUT2D eigenvalue weighted by Gasteiger charge is -2.44. The molecule has 1 saturated heterocycles. The molecule has 26 heavy (non-hydrogen) atoms. The predicted octanol–water partition coefficient (Wildman–Crippen LogP) is -3.29. The van der Waals surface area contributed by atoms with Gasteiger partial charge in [-0.05, 0) is 0 Å². The molecule has 0 spiro atoms. The highest BCUT2D eigenvalue weighted by Gasteiger charge is 2.53. The highest BCUT2D eigenvalue weighted by molar-refractivity contribution is 7.85. The third kappa shape index (κ3) is 6.42. The molecular formula is C13H23NO11S. The third-order valence-electron chi connectivity index (χ3n) is 3.73. The van der Waals surface area contributed by atoms with Crippen molar-refractivity contribution in [1.29, 1.82) is 0 Å². The third-order valence-corrected chi connectivity index (χ3v) is 4.30. The molecule has 1 aliphatic heterocycles. The second kappa shape index (κ2) is 8.56. The van der Waals surface area contributed by atoms with E-state index in [1.807, 2.05) is 0 Å². The number of hydrogen-bond acceptors (Lipinski definition) is 10. The van der Waals surface area contributed by atoms with Gasteiger partial charge >= 0.3 is 5.97 Å². The van der Waals surface area contributed by atoms with E-state index in [1.54, 1.807) is 0 Å². The van der Waals surface area contributed by atoms with Crippen LogP contribution in [0.3, 0.4) is 0 Å². The van der Waals surface area contributed by atoms with Crippen molar-refractivity contribution in [2.45, 2.75) is 50.1 Å². The molecule has 0 aromatic heterocycles. The van der Waals surface area contributed by atoms with Crippen LogP contribution in [-0.2, 0) is 28.6 Å². The normalized spacial score (nSPS) is 31.8. The van der Waals surface area contributed by atoms with Gasteiger partial charge in [0.05, 0.1) is 37.1 Å². The zero-order chi connectivity index (χ0) is 20.3. The smallest absolute Gasteiger partial charge is 0.364 e. The van der Waals surface area contributed by atoms with Crippen LogP contribution >= 0.6 is 0 Å². The Morgan fingerprint density at radius 1 is 1.38 bits per heavy atom. The summed E-state index contributed by atoms with van der Waals surface area (Å²) in [7, 11) is -3.85. The largest absolute Gasteiger partial charge is 0.477 e. The van der Waals surface area contributed by atoms with Gasteiger partial charge in [-0.25, -0.2) is 4.79 Å². The van der Waals surface area contributed by atoms with Crippen LogP contribution in [0.25, 0.3) is 0 Å². The molecule has 1 heterocycles. The Balaban J connectivity index is 2.98. The van der Waals surface area contributed by atoms with Crippen molar-refractivity contribution in [2.75, 3.05) is 12.9 Å². The van der Waals surface area contributed by atoms with Gasteiger partial charge in [0, 0.05) is 19.8 Å². The average molecular weight is 401 g/mol. The number of aliphatic carboxylic acids is 1. The van der Waals surface area contributed by atoms with E-state index >= 15 is 0 Å². The van der Waals surface area contributed by atoms with E-state index in [4.69, 9.17) is 9.84 Å². The van der Waals surface area contributed by atoms with E-state index in [9.17, 15) is 38.4 Å². The second-order valence-electron chi connectivity index (χ2n) is 6.12. The molecule has 0 saturated carbocycles. The zero-order valence-corrected chi connectivity index (χ0v) is 14.9. The van der Waals surface area contributed by atoms with Crippen LogP contribution < -0.4 is 5.32 Å². The zero-order valence-electron chi connectivity index (χ0n) is 14.1. The minimum absolute atomic E-state index is 0.497. The van der Waals surface area contributed by atoms with Gasteiger partial charge < -0.3 is 35.6 Å². The van der Waals surface area contributed by atoms with E-state index in [0.29, 0.717) is 0 Å². The van der Waals surface area contributed by atoms with Crippen LogP contribution in [0.15, 0.2) is 0 Å². The number of rotatable bonds is 8. The Labute approximate surface area is 149 Å². The summed E-state index contributed by atoms with van der Waals surface area (Å²) in [5, 5.41) is 51.2. The molecule has 0 unspecified atom stereocenters. The van der Waals surface area contributed by atoms with Gasteiger partial charge in [0.1, 0.15) is 6.23 Å². The molecule has 6 N–H and O–H groups in total. The first-order chi connectivity index (χ1) is 11.7. The Kier molecular flexibility index (Phi) is 7.47. The summed E-state index contributed by atoms with van der Waals surface area (Å²) in [5.74, 6) is -6.53. The summed E-state index contributed by atoms with van der Waals surface area (Å²) < 4.78 is 31.4. The molecule has 0 radical (unpaired) electrons. The number of aliphatic hydroxyl groups is 4. The van der Waals surface area contributed by atoms with Crippen molar-refractivity contribution < 1.29 is 52.5 Å². The lowest BCUT2D eigenvalue weighted by atomic mass is 9.83. The fraction of sp³-hybridized carbons (Fsp3) is 0.846. The summed E-state index contributed by atoms with van der Waals surface area (Å²) >= 11 is 0. The van der Waals surface area contributed by atoms with Crippen molar-refractivity contribution in [3.8, 4) is 0 Å². The van der Waals surface area contributed by atoms with E-state index < -0.39 is 77.7 Å². The Bertz CT molecular complexity index is 624. The molecule has 12 nitrogen and oxygen atoms in total. The highest BCUT2D eigenvalue weighted by Crippen LogP contribution is 2.35. The number of carbonyl (C=O) groups is 2. The second-order valence-corrected chi connectivity index (χ2v) is 7.76. The van der Waals surface area contributed by atoms with Crippen molar-refractivity contribution in [1.82, 2.24) is 5.32 Å². The molecule has 1 amide bonds. The molecule has 152 valence electrons. The lowest BCUT2D eigenvalue weighted by molar-refractivity contribution is -0.297. The van der Waals surface area contributed by atoms with Crippen molar-refractivity contribution >= 4 is 22.0 Å². The minimum Gasteiger partial charge on any atom is -0.477 e. The standard InChI is InChI=1S/C13H23NO11S/c1-6(15)14-11(18)10-8(17)4-13(21,12(19)20)25-9(10)3-7(16)5-24-26(2,22)23/h7-11,16-18,21H,3-5H2,1-2H3,(H,14,15)(H,19,20)/t7-,8-,9-,10-,11-,13-/m0/s1. The van der Waals surface area contributed by atoms with Gasteiger partial charge in [0.2, 0.25) is 5.91 Å². The Morgan fingerprint density at radius 2 is 1.96 bits per heavy atom. The number of amides is 1. The number of carboxylic acid groups (broad SMARTS) is 1. The molecule has 0 aromatic carbocycles. The van der Waals surface area contributed by atoms with Crippen molar-refractivity contribution in [3.63, 3.8) is 0 Å². The number of carboxylic acids is 1. The Morgan fingerprint density at radius 3 is 2.42 bits per heavy atom. The van der Waals surface area contributed by atoms with E-state index in [2.05, 4.69) is 9.50 Å². The fourth-order valence-corrected chi connectivity index (χ4v) is 3.05. The summed E-state index contributed by atoms with van der Waals surface area (Å²) in [6, 6.07) is 0. The van der Waals surface area contributed by atoms with E-state index in [1.165, 1.54) is 0 Å². The summed E-state index contributed by atoms with van der Waals surface area (Å²) in [6.45, 7) is 0.403. The summed E-state index contributed by atoms with van der Waals surface area (Å²) in [4.78, 5) is 22.3. The molecular weight excluding hydrogens is 378 g/mol. The van der Waals surface area contributed by atoms with Crippen molar-refractivity contribution in [3.05, 3.63) is 0 Å². The maximum Gasteiger partial charge on any atom is 0.364 e. The van der Waals surface area contributed by atoms with E-state index in [0.717, 1.165) is 13.2 Å². The monoisotopic (exact) mass is 401 g/mol. The molecule has 6 atom stereocenters. The quantitative estimate of drug-likeness (QED) is 0.176.